The van der Waals surface area contributed by atoms with Gasteiger partial charge in [0.05, 0.1) is 31.0 Å². The third kappa shape index (κ3) is 16.5. The average molecular weight is 1400 g/mol. The second-order valence-electron chi connectivity index (χ2n) is 23.2. The predicted molar refractivity (Wildman–Crippen MR) is 365 cm³/mol. The van der Waals surface area contributed by atoms with Gasteiger partial charge in [0.15, 0.2) is 0 Å². The van der Waals surface area contributed by atoms with Crippen molar-refractivity contribution in [3.8, 4) is 11.5 Å². The van der Waals surface area contributed by atoms with Gasteiger partial charge < -0.3 is 25.2 Å². The van der Waals surface area contributed by atoms with Gasteiger partial charge in [-0.3, -0.25) is 13.7 Å². The highest BCUT2D eigenvalue weighted by molar-refractivity contribution is 7.90. The van der Waals surface area contributed by atoms with Crippen LogP contribution >= 0.6 is 0 Å². The van der Waals surface area contributed by atoms with E-state index in [1.807, 2.05) is 49.4 Å². The average Bonchev–Trinajstić information content (AvgIpc) is 0.750. The van der Waals surface area contributed by atoms with E-state index in [0.29, 0.717) is 45.8 Å². The Labute approximate surface area is 557 Å². The van der Waals surface area contributed by atoms with Gasteiger partial charge in [-0.05, 0) is 158 Å². The summed E-state index contributed by atoms with van der Waals surface area (Å²) in [4.78, 5) is 28.1. The van der Waals surface area contributed by atoms with Gasteiger partial charge in [0.25, 0.3) is 40.4 Å². The first kappa shape index (κ1) is 69.6. The van der Waals surface area contributed by atoms with Crippen molar-refractivity contribution >= 4 is 91.2 Å². The van der Waals surface area contributed by atoms with Crippen LogP contribution in [0.2, 0.25) is 0 Å². The third-order valence-corrected chi connectivity index (χ3v) is 21.2. The Morgan fingerprint density at radius 2 is 1.12 bits per heavy atom. The standard InChI is InChI=1S/C65H68N12O14S5/c1-39-14-11-15-40(2)52(39)32-43-22-25-50-55(34-43)91-56-35-44(23-26-51(56)61(50)49-18-9-10-19-54(49)75-92(78,79)31-30-66-62-72-63(74-65(73-62)77(7)8)68-46-16-12-17-47(38-46)94(82,83)84)33-53-41(3)21-27-57(42(53)4)93(80,81)67-29-13-20-59-69-60(71-64(70-59)76(5)6)37-45-36-48(95(85,86)87)24-28-58(45)96(88,89)90/h9-12,14-19,21-28,34-36,38,67H,13,20,29-33,37H2,1-8H3,(H,82,83,84)(H,85,86,87)(H,88,89,90)(H2,66,68,72,73,74). The van der Waals surface area contributed by atoms with Crippen molar-refractivity contribution in [3.63, 3.8) is 0 Å². The molecule has 0 amide bonds. The van der Waals surface area contributed by atoms with E-state index in [1.54, 1.807) is 87.4 Å². The molecule has 0 saturated heterocycles. The van der Waals surface area contributed by atoms with Gasteiger partial charge in [-0.15, -0.1) is 0 Å². The van der Waals surface area contributed by atoms with Crippen LogP contribution in [0.1, 0.15) is 79.3 Å². The second-order valence-corrected chi connectivity index (χ2v) is 31.0. The summed E-state index contributed by atoms with van der Waals surface area (Å²) in [6.45, 7) is 7.54. The Hall–Kier alpha value is -9.18. The smallest absolute Gasteiger partial charge is 0.294 e. The first-order valence-corrected chi connectivity index (χ1v) is 37.1. The van der Waals surface area contributed by atoms with Crippen molar-refractivity contribution in [2.75, 3.05) is 67.5 Å². The topological polar surface area (TPSA) is 373 Å². The lowest BCUT2D eigenvalue weighted by atomic mass is 9.85. The molecule has 3 heterocycles. The lowest BCUT2D eigenvalue weighted by Gasteiger charge is -2.27. The van der Waals surface area contributed by atoms with E-state index in [4.69, 9.17) is 4.74 Å². The molecule has 0 radical (unpaired) electrons. The zero-order valence-corrected chi connectivity index (χ0v) is 57.3. The number of benzene rings is 6. The summed E-state index contributed by atoms with van der Waals surface area (Å²) in [6, 6.07) is 29.1. The summed E-state index contributed by atoms with van der Waals surface area (Å²) in [5.74, 6) is 1.08. The Morgan fingerprint density at radius 3 is 1.77 bits per heavy atom. The molecule has 1 aliphatic carbocycles. The van der Waals surface area contributed by atoms with Crippen molar-refractivity contribution in [1.29, 1.82) is 0 Å². The molecule has 2 aliphatic rings. The molecule has 0 spiro atoms. The molecule has 0 bridgehead atoms. The molecule has 0 saturated carbocycles. The zero-order valence-electron chi connectivity index (χ0n) is 53.3. The molecule has 8 aromatic rings. The fourth-order valence-corrected chi connectivity index (χ4v) is 14.9. The molecule has 0 fully saturated rings. The SMILES string of the molecule is Cc1cccc(C)c1Cc1ccc2c(c1)Oc1cc(Cc3c(C)ccc(S(=O)(=O)NCCCc4nc(Cc5cc(S(=O)(=O)O)ccc5S(=O)(=O)O)nc(N(C)C)n4)c3C)ccc1C2=C1C=CC=CC1=NS(=O)(=O)CCNc1nc(Nc2cccc(S(=O)(=O)O)c2)nc(N(C)C)n1. The lowest BCUT2D eigenvalue weighted by molar-refractivity contribution is 0.472. The van der Waals surface area contributed by atoms with Crippen LogP contribution in [0.3, 0.4) is 0 Å². The summed E-state index contributed by atoms with van der Waals surface area (Å²) in [6.07, 6.45) is 7.75. The van der Waals surface area contributed by atoms with Crippen LogP contribution in [0.4, 0.5) is 29.5 Å². The number of nitrogens with one attached hydrogen (secondary N) is 3. The van der Waals surface area contributed by atoms with Crippen LogP contribution in [0, 0.1) is 27.7 Å². The van der Waals surface area contributed by atoms with Crippen molar-refractivity contribution in [2.24, 2.45) is 4.40 Å². The van der Waals surface area contributed by atoms with Crippen LogP contribution in [-0.2, 0) is 76.1 Å². The second kappa shape index (κ2) is 27.9. The van der Waals surface area contributed by atoms with Gasteiger partial charge in [-0.2, -0.15) is 54.6 Å². The molecule has 26 nitrogen and oxygen atoms in total. The van der Waals surface area contributed by atoms with Gasteiger partial charge in [-0.25, -0.2) is 26.5 Å². The minimum Gasteiger partial charge on any atom is -0.456 e. The zero-order chi connectivity index (χ0) is 69.2. The highest BCUT2D eigenvalue weighted by Gasteiger charge is 2.30. The quantitative estimate of drug-likeness (QED) is 0.0244. The number of aryl methyl sites for hydroxylation is 4. The maximum atomic E-state index is 14.2. The van der Waals surface area contributed by atoms with E-state index in [-0.39, 0.29) is 94.5 Å². The molecule has 1 aliphatic heterocycles. The van der Waals surface area contributed by atoms with E-state index in [1.165, 1.54) is 23.8 Å². The lowest BCUT2D eigenvalue weighted by Crippen LogP contribution is -2.26. The van der Waals surface area contributed by atoms with Gasteiger partial charge in [0, 0.05) is 82.1 Å². The highest BCUT2D eigenvalue weighted by atomic mass is 32.2. The Morgan fingerprint density at radius 1 is 0.542 bits per heavy atom. The maximum Gasteiger partial charge on any atom is 0.294 e. The summed E-state index contributed by atoms with van der Waals surface area (Å²) in [5.41, 5.74) is 9.99. The van der Waals surface area contributed by atoms with Gasteiger partial charge >= 0.3 is 0 Å². The molecular formula is C65H68N12O14S5. The largest absolute Gasteiger partial charge is 0.456 e. The monoisotopic (exact) mass is 1400 g/mol. The molecule has 10 rings (SSSR count). The van der Waals surface area contributed by atoms with E-state index in [9.17, 15) is 55.7 Å². The van der Waals surface area contributed by atoms with Crippen molar-refractivity contribution in [1.82, 2.24) is 34.6 Å². The summed E-state index contributed by atoms with van der Waals surface area (Å²) < 4.78 is 172. The van der Waals surface area contributed by atoms with Crippen LogP contribution in [0.15, 0.2) is 163 Å². The first-order chi connectivity index (χ1) is 45.2. The Balaban J connectivity index is 0.904. The number of ether oxygens (including phenoxy) is 1. The molecule has 6 N–H and O–H groups in total. The molecular weight excluding hydrogens is 1330 g/mol. The number of anilines is 5. The van der Waals surface area contributed by atoms with E-state index in [0.717, 1.165) is 51.6 Å². The normalized spacial score (nSPS) is 14.5. The molecule has 0 atom stereocenters. The van der Waals surface area contributed by atoms with Crippen LogP contribution in [-0.4, -0.2) is 138 Å². The number of sulfonamides is 2. The van der Waals surface area contributed by atoms with Crippen LogP contribution in [0.25, 0.3) is 5.57 Å². The van der Waals surface area contributed by atoms with Crippen molar-refractivity contribution in [2.45, 2.75) is 79.4 Å². The molecule has 31 heteroatoms. The number of rotatable bonds is 24. The number of allylic oxidation sites excluding steroid dienone is 5. The predicted octanol–water partition coefficient (Wildman–Crippen LogP) is 8.51. The minimum atomic E-state index is -4.85. The molecule has 0 unspecified atom stereocenters. The molecule has 96 heavy (non-hydrogen) atoms. The molecule has 2 aromatic heterocycles. The summed E-state index contributed by atoms with van der Waals surface area (Å²) >= 11 is 0. The number of hydrogen-bond acceptors (Lipinski definition) is 21. The summed E-state index contributed by atoms with van der Waals surface area (Å²) in [7, 11) is -15.8. The fourth-order valence-electron chi connectivity index (χ4n) is 10.9. The van der Waals surface area contributed by atoms with Gasteiger partial charge in [-0.1, -0.05) is 72.8 Å². The molecule has 502 valence electrons. The van der Waals surface area contributed by atoms with Crippen molar-refractivity contribution in [3.05, 3.63) is 212 Å². The first-order valence-electron chi connectivity index (χ1n) is 29.7. The van der Waals surface area contributed by atoms with Crippen LogP contribution in [0.5, 0.6) is 11.5 Å². The minimum absolute atomic E-state index is 0.00236. The maximum absolute atomic E-state index is 14.2. The van der Waals surface area contributed by atoms with Crippen molar-refractivity contribution < 1.29 is 60.5 Å². The number of aromatic nitrogens is 6. The Bertz CT molecular complexity index is 5140. The number of hydrogen-bond donors (Lipinski definition) is 6. The summed E-state index contributed by atoms with van der Waals surface area (Å²) in [5, 5.41) is 5.86. The van der Waals surface area contributed by atoms with Gasteiger partial charge in [0.1, 0.15) is 23.1 Å². The third-order valence-electron chi connectivity index (χ3n) is 15.7. The van der Waals surface area contributed by atoms with Gasteiger partial charge in [0.2, 0.25) is 33.8 Å². The van der Waals surface area contributed by atoms with Crippen LogP contribution < -0.4 is 29.9 Å². The van der Waals surface area contributed by atoms with E-state index >= 15 is 0 Å². The molecule has 6 aromatic carbocycles. The fraction of sp³-hybridized carbons (Fsp3) is 0.246. The highest BCUT2D eigenvalue weighted by Crippen LogP contribution is 2.47. The van der Waals surface area contributed by atoms with E-state index in [2.05, 4.69) is 75.6 Å². The number of fused-ring (bicyclic) bond motifs is 2. The Kier molecular flexibility index (Phi) is 20.2. The van der Waals surface area contributed by atoms with E-state index < -0.39 is 72.4 Å². The number of nitrogens with zero attached hydrogens (tertiary/aromatic N) is 9.